The Morgan fingerprint density at radius 2 is 2.00 bits per heavy atom. The van der Waals surface area contributed by atoms with E-state index in [1.807, 2.05) is 12.1 Å². The third kappa shape index (κ3) is 4.04. The van der Waals surface area contributed by atoms with Crippen LogP contribution in [0.5, 0.6) is 0 Å². The highest BCUT2D eigenvalue weighted by Gasteiger charge is 2.43. The van der Waals surface area contributed by atoms with Gasteiger partial charge in [-0.2, -0.15) is 0 Å². The molecule has 0 saturated carbocycles. The Labute approximate surface area is 178 Å². The minimum absolute atomic E-state index is 0.0105. The van der Waals surface area contributed by atoms with Gasteiger partial charge in [0.25, 0.3) is 11.8 Å². The first-order chi connectivity index (χ1) is 14.8. The van der Waals surface area contributed by atoms with Gasteiger partial charge in [0.05, 0.1) is 18.4 Å². The molecule has 4 rings (SSSR count). The van der Waals surface area contributed by atoms with Crippen LogP contribution in [0.1, 0.15) is 39.3 Å². The molecule has 0 radical (unpaired) electrons. The average Bonchev–Trinajstić information content (AvgIpc) is 3.15. The topological polar surface area (TPSA) is 155 Å². The Morgan fingerprint density at radius 1 is 1.19 bits per heavy atom. The van der Waals surface area contributed by atoms with Crippen molar-refractivity contribution >= 4 is 35.0 Å². The van der Waals surface area contributed by atoms with Crippen LogP contribution in [-0.2, 0) is 9.59 Å². The van der Waals surface area contributed by atoms with E-state index < -0.39 is 11.8 Å². The van der Waals surface area contributed by atoms with Gasteiger partial charge < -0.3 is 27.0 Å². The number of hydrogen-bond acceptors (Lipinski definition) is 6. The molecule has 10 nitrogen and oxygen atoms in total. The van der Waals surface area contributed by atoms with Gasteiger partial charge in [0.2, 0.25) is 11.8 Å². The Bertz CT molecular complexity index is 1070. The zero-order valence-corrected chi connectivity index (χ0v) is 16.8. The molecule has 0 spiro atoms. The molecular formula is C21H22N6O4. The molecule has 3 atom stereocenters. The van der Waals surface area contributed by atoms with Crippen LogP contribution in [0.15, 0.2) is 36.5 Å². The Kier molecular flexibility index (Phi) is 5.28. The number of aromatic nitrogens is 1. The molecule has 1 fully saturated rings. The first-order valence-electron chi connectivity index (χ1n) is 9.85. The van der Waals surface area contributed by atoms with E-state index in [4.69, 9.17) is 5.73 Å². The first kappa shape index (κ1) is 20.3. The number of pyridine rings is 1. The summed E-state index contributed by atoms with van der Waals surface area (Å²) in [6.45, 7) is 2.39. The molecule has 2 aliphatic heterocycles. The normalized spacial score (nSPS) is 21.2. The molecule has 1 saturated heterocycles. The predicted octanol–water partition coefficient (Wildman–Crippen LogP) is 0.193. The summed E-state index contributed by atoms with van der Waals surface area (Å²) < 4.78 is 0. The largest absolute Gasteiger partial charge is 0.373 e. The Balaban J connectivity index is 1.46. The van der Waals surface area contributed by atoms with Crippen LogP contribution < -0.4 is 27.0 Å². The van der Waals surface area contributed by atoms with Crippen molar-refractivity contribution < 1.29 is 19.2 Å². The summed E-state index contributed by atoms with van der Waals surface area (Å²) in [5.41, 5.74) is 7.79. The molecule has 2 aliphatic rings. The van der Waals surface area contributed by atoms with Crippen LogP contribution in [0, 0.1) is 5.92 Å². The number of primary amides is 1. The van der Waals surface area contributed by atoms with E-state index >= 15 is 0 Å². The maximum Gasteiger partial charge on any atom is 0.270 e. The van der Waals surface area contributed by atoms with Crippen molar-refractivity contribution in [2.75, 3.05) is 23.7 Å². The molecule has 160 valence electrons. The second-order valence-corrected chi connectivity index (χ2v) is 7.71. The van der Waals surface area contributed by atoms with E-state index in [1.54, 1.807) is 12.1 Å². The van der Waals surface area contributed by atoms with Gasteiger partial charge in [0.1, 0.15) is 11.7 Å². The number of fused-ring (bicyclic) bond motifs is 3. The lowest BCUT2D eigenvalue weighted by molar-refractivity contribution is -0.124. The highest BCUT2D eigenvalue weighted by atomic mass is 16.2. The molecule has 2 aromatic rings. The molecule has 1 aromatic heterocycles. The zero-order valence-electron chi connectivity index (χ0n) is 16.8. The minimum Gasteiger partial charge on any atom is -0.373 e. The van der Waals surface area contributed by atoms with E-state index in [-0.39, 0.29) is 41.9 Å². The fourth-order valence-electron chi connectivity index (χ4n) is 3.97. The SMILES string of the molecule is CC1CNC(=O)C2Nc3ccc(C(=O)Nc4ccc(C(=O)NCC(N)=O)nc4)cc3C12. The number of amides is 4. The lowest BCUT2D eigenvalue weighted by Gasteiger charge is -2.31. The van der Waals surface area contributed by atoms with Gasteiger partial charge in [-0.3, -0.25) is 19.2 Å². The monoisotopic (exact) mass is 422 g/mol. The summed E-state index contributed by atoms with van der Waals surface area (Å²) in [5, 5.41) is 11.2. The molecule has 3 heterocycles. The van der Waals surface area contributed by atoms with E-state index in [0.29, 0.717) is 17.8 Å². The Morgan fingerprint density at radius 3 is 2.71 bits per heavy atom. The summed E-state index contributed by atoms with van der Waals surface area (Å²) in [5.74, 6) is -1.30. The van der Waals surface area contributed by atoms with Crippen molar-refractivity contribution in [3.05, 3.63) is 53.3 Å². The van der Waals surface area contributed by atoms with Crippen LogP contribution in [0.3, 0.4) is 0 Å². The summed E-state index contributed by atoms with van der Waals surface area (Å²) in [6, 6.07) is 7.98. The summed E-state index contributed by atoms with van der Waals surface area (Å²) in [6.07, 6.45) is 1.36. The molecule has 31 heavy (non-hydrogen) atoms. The smallest absolute Gasteiger partial charge is 0.270 e. The molecule has 3 unspecified atom stereocenters. The van der Waals surface area contributed by atoms with Crippen LogP contribution >= 0.6 is 0 Å². The second kappa shape index (κ2) is 8.05. The van der Waals surface area contributed by atoms with Crippen molar-refractivity contribution in [1.29, 1.82) is 0 Å². The molecule has 6 N–H and O–H groups in total. The average molecular weight is 422 g/mol. The number of carbonyl (C=O) groups is 4. The summed E-state index contributed by atoms with van der Waals surface area (Å²) in [7, 11) is 0. The fourth-order valence-corrected chi connectivity index (χ4v) is 3.97. The van der Waals surface area contributed by atoms with Crippen LogP contribution in [-0.4, -0.2) is 47.7 Å². The number of nitrogens with two attached hydrogens (primary N) is 1. The van der Waals surface area contributed by atoms with Gasteiger partial charge in [-0.15, -0.1) is 0 Å². The van der Waals surface area contributed by atoms with E-state index in [0.717, 1.165) is 11.3 Å². The van der Waals surface area contributed by atoms with Crippen LogP contribution in [0.2, 0.25) is 0 Å². The van der Waals surface area contributed by atoms with Gasteiger partial charge >= 0.3 is 0 Å². The van der Waals surface area contributed by atoms with Gasteiger partial charge in [-0.25, -0.2) is 4.98 Å². The van der Waals surface area contributed by atoms with Crippen LogP contribution in [0.25, 0.3) is 0 Å². The maximum absolute atomic E-state index is 12.7. The predicted molar refractivity (Wildman–Crippen MR) is 112 cm³/mol. The summed E-state index contributed by atoms with van der Waals surface area (Å²) >= 11 is 0. The molecule has 0 aliphatic carbocycles. The van der Waals surface area contributed by atoms with Crippen molar-refractivity contribution in [1.82, 2.24) is 15.6 Å². The van der Waals surface area contributed by atoms with Gasteiger partial charge in [0.15, 0.2) is 0 Å². The third-order valence-electron chi connectivity index (χ3n) is 5.51. The lowest BCUT2D eigenvalue weighted by Crippen LogP contribution is -2.49. The zero-order chi connectivity index (χ0) is 22.1. The molecular weight excluding hydrogens is 400 g/mol. The van der Waals surface area contributed by atoms with Crippen molar-refractivity contribution in [3.63, 3.8) is 0 Å². The Hall–Kier alpha value is -3.95. The third-order valence-corrected chi connectivity index (χ3v) is 5.51. The van der Waals surface area contributed by atoms with E-state index in [9.17, 15) is 19.2 Å². The summed E-state index contributed by atoms with van der Waals surface area (Å²) in [4.78, 5) is 51.6. The number of piperidine rings is 1. The number of nitrogens with one attached hydrogen (secondary N) is 4. The number of carbonyl (C=O) groups excluding carboxylic acids is 4. The molecule has 1 aromatic carbocycles. The number of anilines is 2. The first-order valence-corrected chi connectivity index (χ1v) is 9.85. The van der Waals surface area contributed by atoms with E-state index in [1.165, 1.54) is 12.3 Å². The van der Waals surface area contributed by atoms with Crippen LogP contribution in [0.4, 0.5) is 11.4 Å². The van der Waals surface area contributed by atoms with Crippen molar-refractivity contribution in [3.8, 4) is 0 Å². The van der Waals surface area contributed by atoms with Gasteiger partial charge in [0, 0.05) is 23.7 Å². The van der Waals surface area contributed by atoms with Crippen molar-refractivity contribution in [2.24, 2.45) is 11.7 Å². The molecule has 10 heteroatoms. The molecule has 4 amide bonds. The van der Waals surface area contributed by atoms with Gasteiger partial charge in [-0.05, 0) is 41.8 Å². The van der Waals surface area contributed by atoms with E-state index in [2.05, 4.69) is 33.2 Å². The second-order valence-electron chi connectivity index (χ2n) is 7.71. The quantitative estimate of drug-likeness (QED) is 0.463. The number of benzene rings is 1. The maximum atomic E-state index is 12.7. The fraction of sp³-hybridized carbons (Fsp3) is 0.286. The molecule has 0 bridgehead atoms. The highest BCUT2D eigenvalue weighted by molar-refractivity contribution is 6.05. The minimum atomic E-state index is -0.656. The highest BCUT2D eigenvalue weighted by Crippen LogP contribution is 2.42. The number of hydrogen-bond donors (Lipinski definition) is 5. The number of nitrogens with zero attached hydrogens (tertiary/aromatic N) is 1. The standard InChI is InChI=1S/C21H22N6O4/c1-10-7-24-21(31)18-17(10)13-6-11(2-4-14(13)27-18)19(29)26-12-3-5-15(23-8-12)20(30)25-9-16(22)28/h2-6,8,10,17-18,27H,7,9H2,1H3,(H2,22,28)(H,24,31)(H,25,30)(H,26,29). The number of rotatable bonds is 5. The van der Waals surface area contributed by atoms with Gasteiger partial charge in [-0.1, -0.05) is 6.92 Å². The van der Waals surface area contributed by atoms with Crippen molar-refractivity contribution in [2.45, 2.75) is 18.9 Å². The lowest BCUT2D eigenvalue weighted by atomic mass is 9.80.